The number of fused-ring (bicyclic) bond motifs is 1. The quantitative estimate of drug-likeness (QED) is 0.548. The summed E-state index contributed by atoms with van der Waals surface area (Å²) in [5.41, 5.74) is 1.77. The van der Waals surface area contributed by atoms with Crippen molar-refractivity contribution in [1.82, 2.24) is 4.31 Å². The van der Waals surface area contributed by atoms with Crippen LogP contribution in [0.15, 0.2) is 71.6 Å². The summed E-state index contributed by atoms with van der Waals surface area (Å²) in [6.45, 7) is 2.18. The van der Waals surface area contributed by atoms with Crippen molar-refractivity contribution in [2.75, 3.05) is 25.6 Å². The Labute approximate surface area is 186 Å². The monoisotopic (exact) mass is 454 g/mol. The van der Waals surface area contributed by atoms with Gasteiger partial charge in [-0.15, -0.1) is 0 Å². The summed E-state index contributed by atoms with van der Waals surface area (Å²) in [6.07, 6.45) is 0. The number of likely N-dealkylation sites (N-methyl/N-ethyl adjacent to an activating group) is 1. The van der Waals surface area contributed by atoms with E-state index in [1.54, 1.807) is 18.2 Å². The van der Waals surface area contributed by atoms with Crippen molar-refractivity contribution in [2.45, 2.75) is 17.9 Å². The third kappa shape index (κ3) is 3.76. The van der Waals surface area contributed by atoms with Gasteiger partial charge in [0.25, 0.3) is 0 Å². The molecule has 0 aliphatic carbocycles. The molecule has 1 unspecified atom stereocenters. The van der Waals surface area contributed by atoms with Crippen molar-refractivity contribution >= 4 is 27.4 Å². The summed E-state index contributed by atoms with van der Waals surface area (Å²) in [4.78, 5) is 13.7. The lowest BCUT2D eigenvalue weighted by Gasteiger charge is -2.27. The molecular weight excluding hydrogens is 431 g/mol. The normalized spacial score (nSPS) is 18.0. The van der Waals surface area contributed by atoms with Crippen LogP contribution in [0.25, 0.3) is 11.1 Å². The minimum Gasteiger partial charge on any atom is -0.465 e. The summed E-state index contributed by atoms with van der Waals surface area (Å²) in [6, 6.07) is 17.8. The Morgan fingerprint density at radius 3 is 2.47 bits per heavy atom. The van der Waals surface area contributed by atoms with Gasteiger partial charge in [-0.25, -0.2) is 17.6 Å². The number of sulfonamides is 1. The molecule has 8 heteroatoms. The number of hydrogen-bond acceptors (Lipinski definition) is 5. The molecule has 1 aliphatic heterocycles. The molecule has 3 aromatic rings. The second-order valence-corrected chi connectivity index (χ2v) is 9.65. The summed E-state index contributed by atoms with van der Waals surface area (Å²) in [5.74, 6) is -1.14. The second kappa shape index (κ2) is 8.37. The lowest BCUT2D eigenvalue weighted by atomic mass is 10.0. The standard InChI is InChI=1S/C24H23FN2O4S/c1-16-15-27(19-10-5-4-6-11-19)22-14-21(25)20(13-23(22)32(29,30)26(16)2)17-8-7-9-18(12-17)24(28)31-3/h4-14,16H,15H2,1-3H3. The SMILES string of the molecule is COC(=O)c1cccc(-c2cc3c(cc2F)N(c2ccccc2)CC(C)N(C)S3(=O)=O)c1. The zero-order chi connectivity index (χ0) is 23.0. The van der Waals surface area contributed by atoms with Gasteiger partial charge in [0, 0.05) is 30.9 Å². The predicted octanol–water partition coefficient (Wildman–Crippen LogP) is 4.44. The van der Waals surface area contributed by atoms with Crippen LogP contribution in [0, 0.1) is 5.82 Å². The van der Waals surface area contributed by atoms with Gasteiger partial charge < -0.3 is 9.64 Å². The molecule has 1 heterocycles. The first-order chi connectivity index (χ1) is 15.2. The highest BCUT2D eigenvalue weighted by Gasteiger charge is 2.36. The van der Waals surface area contributed by atoms with Gasteiger partial charge in [-0.1, -0.05) is 30.3 Å². The van der Waals surface area contributed by atoms with Crippen molar-refractivity contribution in [2.24, 2.45) is 0 Å². The van der Waals surface area contributed by atoms with E-state index in [1.165, 1.54) is 36.7 Å². The number of methoxy groups -OCH3 is 1. The third-order valence-electron chi connectivity index (χ3n) is 5.73. The highest BCUT2D eigenvalue weighted by Crippen LogP contribution is 2.40. The molecule has 0 radical (unpaired) electrons. The summed E-state index contributed by atoms with van der Waals surface area (Å²) < 4.78 is 48.3. The van der Waals surface area contributed by atoms with E-state index in [0.29, 0.717) is 12.1 Å². The van der Waals surface area contributed by atoms with Crippen molar-refractivity contribution in [3.8, 4) is 11.1 Å². The molecule has 32 heavy (non-hydrogen) atoms. The van der Waals surface area contributed by atoms with Gasteiger partial charge in [0.15, 0.2) is 0 Å². The second-order valence-electron chi connectivity index (χ2n) is 7.69. The van der Waals surface area contributed by atoms with E-state index in [-0.39, 0.29) is 27.8 Å². The van der Waals surface area contributed by atoms with Crippen LogP contribution in [0.2, 0.25) is 0 Å². The molecule has 6 nitrogen and oxygen atoms in total. The molecule has 0 amide bonds. The van der Waals surface area contributed by atoms with Crippen LogP contribution in [0.5, 0.6) is 0 Å². The molecule has 0 fully saturated rings. The van der Waals surface area contributed by atoms with Crippen LogP contribution < -0.4 is 4.90 Å². The fraction of sp³-hybridized carbons (Fsp3) is 0.208. The van der Waals surface area contributed by atoms with Crippen LogP contribution in [-0.4, -0.2) is 45.4 Å². The first-order valence-electron chi connectivity index (χ1n) is 10.1. The molecule has 0 saturated carbocycles. The molecule has 4 rings (SSSR count). The number of para-hydroxylation sites is 1. The van der Waals surface area contributed by atoms with Crippen molar-refractivity contribution in [3.63, 3.8) is 0 Å². The Morgan fingerprint density at radius 2 is 1.78 bits per heavy atom. The number of halogens is 1. The fourth-order valence-corrected chi connectivity index (χ4v) is 5.39. The van der Waals surface area contributed by atoms with Crippen LogP contribution >= 0.6 is 0 Å². The van der Waals surface area contributed by atoms with Gasteiger partial charge in [-0.05, 0) is 48.9 Å². The molecule has 1 atom stereocenters. The molecule has 166 valence electrons. The lowest BCUT2D eigenvalue weighted by molar-refractivity contribution is 0.0600. The van der Waals surface area contributed by atoms with Gasteiger partial charge in [0.1, 0.15) is 10.7 Å². The molecule has 0 N–H and O–H groups in total. The van der Waals surface area contributed by atoms with Gasteiger partial charge in [-0.3, -0.25) is 0 Å². The lowest BCUT2D eigenvalue weighted by Crippen LogP contribution is -2.38. The van der Waals surface area contributed by atoms with E-state index in [2.05, 4.69) is 0 Å². The number of hydrogen-bond donors (Lipinski definition) is 0. The highest BCUT2D eigenvalue weighted by atomic mass is 32.2. The Bertz CT molecular complexity index is 1280. The number of anilines is 2. The highest BCUT2D eigenvalue weighted by molar-refractivity contribution is 7.89. The summed E-state index contributed by atoms with van der Waals surface area (Å²) >= 11 is 0. The van der Waals surface area contributed by atoms with Crippen LogP contribution in [0.3, 0.4) is 0 Å². The Morgan fingerprint density at radius 1 is 1.06 bits per heavy atom. The smallest absolute Gasteiger partial charge is 0.337 e. The van der Waals surface area contributed by atoms with Crippen molar-refractivity contribution < 1.29 is 22.3 Å². The van der Waals surface area contributed by atoms with Gasteiger partial charge >= 0.3 is 5.97 Å². The van der Waals surface area contributed by atoms with Crippen molar-refractivity contribution in [3.05, 3.63) is 78.1 Å². The Kier molecular flexibility index (Phi) is 5.75. The Hall–Kier alpha value is -3.23. The van der Waals surface area contributed by atoms with Crippen LogP contribution in [0.1, 0.15) is 17.3 Å². The number of carbonyl (C=O) groups is 1. The Balaban J connectivity index is 1.95. The summed E-state index contributed by atoms with van der Waals surface area (Å²) in [7, 11) is -1.10. The summed E-state index contributed by atoms with van der Waals surface area (Å²) in [5, 5.41) is 0. The minimum absolute atomic E-state index is 0.00748. The molecule has 0 saturated heterocycles. The minimum atomic E-state index is -3.89. The van der Waals surface area contributed by atoms with E-state index in [1.807, 2.05) is 42.2 Å². The van der Waals surface area contributed by atoms with E-state index < -0.39 is 21.8 Å². The van der Waals surface area contributed by atoms with E-state index in [4.69, 9.17) is 4.74 Å². The van der Waals surface area contributed by atoms with Gasteiger partial charge in [0.05, 0.1) is 18.4 Å². The van der Waals surface area contributed by atoms with Gasteiger partial charge in [-0.2, -0.15) is 4.31 Å². The number of esters is 1. The van der Waals surface area contributed by atoms with Crippen molar-refractivity contribution in [1.29, 1.82) is 0 Å². The third-order valence-corrected chi connectivity index (χ3v) is 7.73. The first kappa shape index (κ1) is 22.0. The maximum atomic E-state index is 15.4. The number of benzene rings is 3. The molecule has 0 aromatic heterocycles. The number of rotatable bonds is 3. The molecule has 0 spiro atoms. The number of nitrogens with zero attached hydrogens (tertiary/aromatic N) is 2. The fourth-order valence-electron chi connectivity index (χ4n) is 3.84. The van der Waals surface area contributed by atoms with Crippen LogP contribution in [-0.2, 0) is 14.8 Å². The zero-order valence-electron chi connectivity index (χ0n) is 17.9. The van der Waals surface area contributed by atoms with E-state index in [0.717, 1.165) is 5.69 Å². The average Bonchev–Trinajstić information content (AvgIpc) is 2.87. The molecule has 1 aliphatic rings. The maximum absolute atomic E-state index is 15.4. The maximum Gasteiger partial charge on any atom is 0.337 e. The number of carbonyl (C=O) groups excluding carboxylic acids is 1. The molecular formula is C24H23FN2O4S. The topological polar surface area (TPSA) is 66.9 Å². The molecule has 3 aromatic carbocycles. The van der Waals surface area contributed by atoms with E-state index >= 15 is 4.39 Å². The average molecular weight is 455 g/mol. The predicted molar refractivity (Wildman–Crippen MR) is 121 cm³/mol. The number of ether oxygens (including phenoxy) is 1. The van der Waals surface area contributed by atoms with E-state index in [9.17, 15) is 13.2 Å². The first-order valence-corrected chi connectivity index (χ1v) is 11.5. The zero-order valence-corrected chi connectivity index (χ0v) is 18.8. The van der Waals surface area contributed by atoms with Crippen LogP contribution in [0.4, 0.5) is 15.8 Å². The van der Waals surface area contributed by atoms with Gasteiger partial charge in [0.2, 0.25) is 10.0 Å². The molecule has 0 bridgehead atoms. The largest absolute Gasteiger partial charge is 0.465 e.